The molecule has 1 fully saturated rings. The largest absolute Gasteiger partial charge is 0.390 e. The van der Waals surface area contributed by atoms with Crippen LogP contribution in [-0.4, -0.2) is 10.7 Å². The first-order valence-corrected chi connectivity index (χ1v) is 5.60. The Labute approximate surface area is 82.5 Å². The lowest BCUT2D eigenvalue weighted by Crippen LogP contribution is -2.38. The van der Waals surface area contributed by atoms with Crippen molar-refractivity contribution in [3.63, 3.8) is 0 Å². The predicted molar refractivity (Wildman–Crippen MR) is 56.7 cm³/mol. The van der Waals surface area contributed by atoms with E-state index in [2.05, 4.69) is 27.7 Å². The lowest BCUT2D eigenvalue weighted by atomic mass is 9.67. The zero-order valence-electron chi connectivity index (χ0n) is 9.56. The molecular weight excluding hydrogens is 160 g/mol. The first kappa shape index (κ1) is 11.0. The van der Waals surface area contributed by atoms with E-state index < -0.39 is 0 Å². The summed E-state index contributed by atoms with van der Waals surface area (Å²) >= 11 is 0. The highest BCUT2D eigenvalue weighted by Gasteiger charge is 2.37. The Bertz CT molecular complexity index is 168. The van der Waals surface area contributed by atoms with Crippen molar-refractivity contribution in [2.24, 2.45) is 11.3 Å². The third-order valence-corrected chi connectivity index (χ3v) is 3.70. The average Bonchev–Trinajstić information content (AvgIpc) is 2.03. The number of hydrogen-bond donors (Lipinski definition) is 1. The number of rotatable bonds is 1. The summed E-state index contributed by atoms with van der Waals surface area (Å²) in [5.74, 6) is 0.700. The van der Waals surface area contributed by atoms with E-state index >= 15 is 0 Å². The van der Waals surface area contributed by atoms with Gasteiger partial charge in [-0.3, -0.25) is 0 Å². The molecule has 2 unspecified atom stereocenters. The molecule has 0 saturated heterocycles. The van der Waals surface area contributed by atoms with Gasteiger partial charge in [-0.05, 0) is 37.0 Å². The number of hydrogen-bond acceptors (Lipinski definition) is 1. The summed E-state index contributed by atoms with van der Waals surface area (Å²) in [5.41, 5.74) is 0.0137. The van der Waals surface area contributed by atoms with Crippen molar-refractivity contribution in [1.82, 2.24) is 0 Å². The van der Waals surface area contributed by atoms with Crippen molar-refractivity contribution in [2.75, 3.05) is 0 Å². The normalized spacial score (nSPS) is 36.2. The van der Waals surface area contributed by atoms with Gasteiger partial charge in [0.2, 0.25) is 0 Å². The minimum Gasteiger partial charge on any atom is -0.390 e. The molecule has 0 spiro atoms. The summed E-state index contributed by atoms with van der Waals surface area (Å²) in [7, 11) is 0. The maximum absolute atomic E-state index is 10.2. The quantitative estimate of drug-likeness (QED) is 0.662. The van der Waals surface area contributed by atoms with Crippen LogP contribution < -0.4 is 0 Å². The molecular formula is C12H24O. The van der Waals surface area contributed by atoms with Crippen LogP contribution in [0.3, 0.4) is 0 Å². The smallest absolute Gasteiger partial charge is 0.0648 e. The Morgan fingerprint density at radius 1 is 1.38 bits per heavy atom. The molecule has 0 bridgehead atoms. The molecule has 1 aliphatic rings. The van der Waals surface area contributed by atoms with E-state index in [9.17, 15) is 5.11 Å². The van der Waals surface area contributed by atoms with Crippen LogP contribution in [0.15, 0.2) is 0 Å². The molecule has 1 aliphatic carbocycles. The van der Waals surface area contributed by atoms with Crippen LogP contribution in [0.1, 0.15) is 59.8 Å². The summed E-state index contributed by atoms with van der Waals surface area (Å²) in [4.78, 5) is 0. The van der Waals surface area contributed by atoms with Crippen molar-refractivity contribution >= 4 is 0 Å². The van der Waals surface area contributed by atoms with E-state index in [4.69, 9.17) is 0 Å². The predicted octanol–water partition coefficient (Wildman–Crippen LogP) is 3.36. The molecule has 78 valence electrons. The van der Waals surface area contributed by atoms with Crippen LogP contribution in [0, 0.1) is 11.3 Å². The molecule has 1 nitrogen and oxygen atoms in total. The van der Waals surface area contributed by atoms with Gasteiger partial charge in [0.05, 0.1) is 5.60 Å². The van der Waals surface area contributed by atoms with Crippen LogP contribution in [0.25, 0.3) is 0 Å². The van der Waals surface area contributed by atoms with E-state index in [-0.39, 0.29) is 5.60 Å². The third kappa shape index (κ3) is 2.70. The minimum absolute atomic E-state index is 0.351. The third-order valence-electron chi connectivity index (χ3n) is 3.70. The van der Waals surface area contributed by atoms with Gasteiger partial charge in [-0.15, -0.1) is 0 Å². The fourth-order valence-electron chi connectivity index (χ4n) is 2.40. The monoisotopic (exact) mass is 184 g/mol. The molecule has 0 aromatic heterocycles. The molecule has 2 atom stereocenters. The fourth-order valence-corrected chi connectivity index (χ4v) is 2.40. The molecule has 0 aliphatic heterocycles. The van der Waals surface area contributed by atoms with Crippen molar-refractivity contribution in [1.29, 1.82) is 0 Å². The van der Waals surface area contributed by atoms with E-state index in [1.54, 1.807) is 0 Å². The molecule has 1 rings (SSSR count). The van der Waals surface area contributed by atoms with Crippen LogP contribution in [0.2, 0.25) is 0 Å². The zero-order valence-corrected chi connectivity index (χ0v) is 9.56. The topological polar surface area (TPSA) is 20.2 Å². The fraction of sp³-hybridized carbons (Fsp3) is 1.00. The molecule has 13 heavy (non-hydrogen) atoms. The van der Waals surface area contributed by atoms with Gasteiger partial charge in [0, 0.05) is 0 Å². The summed E-state index contributed by atoms with van der Waals surface area (Å²) < 4.78 is 0. The van der Waals surface area contributed by atoms with E-state index in [0.29, 0.717) is 11.3 Å². The molecule has 0 amide bonds. The second-order valence-electron chi connectivity index (χ2n) is 5.74. The highest BCUT2D eigenvalue weighted by Crippen LogP contribution is 2.42. The summed E-state index contributed by atoms with van der Waals surface area (Å²) in [5, 5.41) is 10.2. The van der Waals surface area contributed by atoms with Crippen LogP contribution in [0.5, 0.6) is 0 Å². The second kappa shape index (κ2) is 3.61. The van der Waals surface area contributed by atoms with Gasteiger partial charge in [0.25, 0.3) is 0 Å². The van der Waals surface area contributed by atoms with Gasteiger partial charge in [-0.2, -0.15) is 0 Å². The minimum atomic E-state index is -0.351. The molecule has 0 heterocycles. The lowest BCUT2D eigenvalue weighted by Gasteiger charge is -2.42. The maximum Gasteiger partial charge on any atom is 0.0648 e. The van der Waals surface area contributed by atoms with Gasteiger partial charge in [-0.25, -0.2) is 0 Å². The van der Waals surface area contributed by atoms with Gasteiger partial charge < -0.3 is 5.11 Å². The van der Waals surface area contributed by atoms with Crippen LogP contribution >= 0.6 is 0 Å². The molecule has 1 heteroatoms. The van der Waals surface area contributed by atoms with Crippen LogP contribution in [0.4, 0.5) is 0 Å². The Morgan fingerprint density at radius 3 is 2.46 bits per heavy atom. The molecule has 1 N–H and O–H groups in total. The molecule has 1 saturated carbocycles. The standard InChI is InChI=1S/C12H24O/c1-5-12(13)8-6-7-10(9-12)11(2,3)4/h10,13H,5-9H2,1-4H3. The van der Waals surface area contributed by atoms with Crippen molar-refractivity contribution < 1.29 is 5.11 Å². The Kier molecular flexibility index (Phi) is 3.06. The van der Waals surface area contributed by atoms with Gasteiger partial charge >= 0.3 is 0 Å². The van der Waals surface area contributed by atoms with E-state index in [0.717, 1.165) is 19.3 Å². The first-order valence-electron chi connectivity index (χ1n) is 5.60. The second-order valence-corrected chi connectivity index (χ2v) is 5.74. The summed E-state index contributed by atoms with van der Waals surface area (Å²) in [6.07, 6.45) is 5.43. The first-order chi connectivity index (χ1) is 5.87. The summed E-state index contributed by atoms with van der Waals surface area (Å²) in [6, 6.07) is 0. The highest BCUT2D eigenvalue weighted by atomic mass is 16.3. The Hall–Kier alpha value is -0.0400. The van der Waals surface area contributed by atoms with Crippen molar-refractivity contribution in [3.8, 4) is 0 Å². The van der Waals surface area contributed by atoms with E-state index in [1.807, 2.05) is 0 Å². The Morgan fingerprint density at radius 2 is 2.00 bits per heavy atom. The Balaban J connectivity index is 2.62. The SMILES string of the molecule is CCC1(O)CCCC(C(C)(C)C)C1. The number of aliphatic hydroxyl groups is 1. The summed E-state index contributed by atoms with van der Waals surface area (Å²) in [6.45, 7) is 8.97. The lowest BCUT2D eigenvalue weighted by molar-refractivity contribution is -0.0404. The average molecular weight is 184 g/mol. The maximum atomic E-state index is 10.2. The zero-order chi connectivity index (χ0) is 10.1. The molecule has 0 aromatic carbocycles. The van der Waals surface area contributed by atoms with Gasteiger partial charge in [-0.1, -0.05) is 34.1 Å². The van der Waals surface area contributed by atoms with Gasteiger partial charge in [0.15, 0.2) is 0 Å². The molecule has 0 aromatic rings. The van der Waals surface area contributed by atoms with E-state index in [1.165, 1.54) is 12.8 Å². The van der Waals surface area contributed by atoms with Crippen molar-refractivity contribution in [3.05, 3.63) is 0 Å². The molecule has 0 radical (unpaired) electrons. The van der Waals surface area contributed by atoms with Crippen LogP contribution in [-0.2, 0) is 0 Å². The highest BCUT2D eigenvalue weighted by molar-refractivity contribution is 4.89. The van der Waals surface area contributed by atoms with Crippen molar-refractivity contribution in [2.45, 2.75) is 65.4 Å². The van der Waals surface area contributed by atoms with Gasteiger partial charge in [0.1, 0.15) is 0 Å².